The molecule has 0 aliphatic carbocycles. The van der Waals surface area contributed by atoms with Gasteiger partial charge in [-0.1, -0.05) is 6.07 Å². The highest BCUT2D eigenvalue weighted by Crippen LogP contribution is 2.12. The first-order valence-corrected chi connectivity index (χ1v) is 8.29. The van der Waals surface area contributed by atoms with Crippen molar-refractivity contribution in [3.63, 3.8) is 0 Å². The van der Waals surface area contributed by atoms with Gasteiger partial charge in [0.1, 0.15) is 0 Å². The van der Waals surface area contributed by atoms with Gasteiger partial charge >= 0.3 is 6.03 Å². The molecular formula is C15H23N3O2S. The van der Waals surface area contributed by atoms with Crippen LogP contribution in [0.15, 0.2) is 17.5 Å². The number of likely N-dealkylation sites (tertiary alicyclic amines) is 1. The molecule has 2 N–H and O–H groups in total. The van der Waals surface area contributed by atoms with Crippen molar-refractivity contribution in [2.75, 3.05) is 13.1 Å². The zero-order valence-corrected chi connectivity index (χ0v) is 13.4. The Hall–Kier alpha value is -1.56. The molecule has 1 fully saturated rings. The summed E-state index contributed by atoms with van der Waals surface area (Å²) in [5.74, 6) is 0.0718. The van der Waals surface area contributed by atoms with Crippen LogP contribution in [0.5, 0.6) is 0 Å². The van der Waals surface area contributed by atoms with Crippen molar-refractivity contribution in [3.05, 3.63) is 22.4 Å². The number of urea groups is 1. The third-order valence-electron chi connectivity index (χ3n) is 3.47. The fourth-order valence-electron chi connectivity index (χ4n) is 2.42. The van der Waals surface area contributed by atoms with Gasteiger partial charge in [-0.05, 0) is 38.1 Å². The lowest BCUT2D eigenvalue weighted by molar-refractivity contribution is -0.121. The minimum absolute atomic E-state index is 0.00615. The van der Waals surface area contributed by atoms with Crippen molar-refractivity contribution >= 4 is 23.3 Å². The Balaban J connectivity index is 1.71. The Morgan fingerprint density at radius 1 is 1.38 bits per heavy atom. The van der Waals surface area contributed by atoms with Gasteiger partial charge < -0.3 is 15.5 Å². The van der Waals surface area contributed by atoms with Crippen LogP contribution >= 0.6 is 11.3 Å². The quantitative estimate of drug-likeness (QED) is 0.893. The molecule has 0 unspecified atom stereocenters. The molecule has 6 heteroatoms. The number of nitrogens with zero attached hydrogens (tertiary/aromatic N) is 1. The van der Waals surface area contributed by atoms with Gasteiger partial charge in [-0.3, -0.25) is 4.79 Å². The van der Waals surface area contributed by atoms with E-state index in [1.165, 1.54) is 0 Å². The number of hydrogen-bond donors (Lipinski definition) is 2. The lowest BCUT2D eigenvalue weighted by Gasteiger charge is -2.32. The van der Waals surface area contributed by atoms with Gasteiger partial charge in [0.25, 0.3) is 0 Å². The summed E-state index contributed by atoms with van der Waals surface area (Å²) in [6.45, 7) is 5.30. The van der Waals surface area contributed by atoms with Crippen LogP contribution in [0.25, 0.3) is 0 Å². The van der Waals surface area contributed by atoms with E-state index >= 15 is 0 Å². The largest absolute Gasteiger partial charge is 0.353 e. The van der Waals surface area contributed by atoms with E-state index in [4.69, 9.17) is 0 Å². The summed E-state index contributed by atoms with van der Waals surface area (Å²) in [6, 6.07) is 4.26. The van der Waals surface area contributed by atoms with Crippen molar-refractivity contribution in [1.82, 2.24) is 15.5 Å². The zero-order chi connectivity index (χ0) is 15.2. The second-order valence-corrected chi connectivity index (χ2v) is 6.72. The average Bonchev–Trinajstić information content (AvgIpc) is 2.91. The molecule has 0 radical (unpaired) electrons. The van der Waals surface area contributed by atoms with Gasteiger partial charge in [-0.2, -0.15) is 0 Å². The number of piperidine rings is 1. The topological polar surface area (TPSA) is 61.4 Å². The molecule has 1 aliphatic rings. The van der Waals surface area contributed by atoms with Crippen molar-refractivity contribution in [3.8, 4) is 0 Å². The number of rotatable bonds is 4. The van der Waals surface area contributed by atoms with Crippen LogP contribution in [0.4, 0.5) is 4.79 Å². The summed E-state index contributed by atoms with van der Waals surface area (Å²) in [6.07, 6.45) is 2.09. The standard InChI is InChI=1S/C15H23N3O2S/c1-11(2)16-15(20)18-7-5-12(6-8-18)17-14(19)10-13-4-3-9-21-13/h3-4,9,11-12H,5-8,10H2,1-2H3,(H,16,20)(H,17,19). The molecule has 2 rings (SSSR count). The van der Waals surface area contributed by atoms with Crippen LogP contribution in [0.1, 0.15) is 31.6 Å². The Kier molecular flexibility index (Phi) is 5.61. The molecule has 116 valence electrons. The van der Waals surface area contributed by atoms with Crippen LogP contribution in [0.2, 0.25) is 0 Å². The van der Waals surface area contributed by atoms with E-state index < -0.39 is 0 Å². The molecule has 1 aliphatic heterocycles. The van der Waals surface area contributed by atoms with E-state index in [1.807, 2.05) is 36.3 Å². The zero-order valence-electron chi connectivity index (χ0n) is 12.6. The molecule has 3 amide bonds. The van der Waals surface area contributed by atoms with Gasteiger partial charge in [0.15, 0.2) is 0 Å². The summed E-state index contributed by atoms with van der Waals surface area (Å²) >= 11 is 1.60. The van der Waals surface area contributed by atoms with Gasteiger partial charge in [0, 0.05) is 30.1 Å². The summed E-state index contributed by atoms with van der Waals surface area (Å²) < 4.78 is 0. The lowest BCUT2D eigenvalue weighted by Crippen LogP contribution is -2.50. The molecule has 0 atom stereocenters. The van der Waals surface area contributed by atoms with Gasteiger partial charge in [-0.15, -0.1) is 11.3 Å². The second-order valence-electron chi connectivity index (χ2n) is 5.69. The second kappa shape index (κ2) is 7.45. The summed E-state index contributed by atoms with van der Waals surface area (Å²) in [5.41, 5.74) is 0. The predicted octanol–water partition coefficient (Wildman–Crippen LogP) is 1.99. The van der Waals surface area contributed by atoms with Gasteiger partial charge in [-0.25, -0.2) is 4.79 Å². The minimum atomic E-state index is -0.00615. The van der Waals surface area contributed by atoms with Crippen molar-refractivity contribution < 1.29 is 9.59 Å². The average molecular weight is 309 g/mol. The number of carbonyl (C=O) groups is 2. The molecule has 0 saturated carbocycles. The maximum absolute atomic E-state index is 11.9. The van der Waals surface area contributed by atoms with Gasteiger partial charge in [0.05, 0.1) is 6.42 Å². The highest BCUT2D eigenvalue weighted by molar-refractivity contribution is 7.10. The number of hydrogen-bond acceptors (Lipinski definition) is 3. The molecule has 2 heterocycles. The SMILES string of the molecule is CC(C)NC(=O)N1CCC(NC(=O)Cc2cccs2)CC1. The Labute approximate surface area is 129 Å². The fraction of sp³-hybridized carbons (Fsp3) is 0.600. The molecule has 0 aromatic carbocycles. The van der Waals surface area contributed by atoms with E-state index in [1.54, 1.807) is 11.3 Å². The van der Waals surface area contributed by atoms with Crippen molar-refractivity contribution in [2.45, 2.75) is 45.2 Å². The van der Waals surface area contributed by atoms with Crippen molar-refractivity contribution in [2.24, 2.45) is 0 Å². The molecule has 1 aromatic heterocycles. The number of carbonyl (C=O) groups excluding carboxylic acids is 2. The van der Waals surface area contributed by atoms with E-state index in [9.17, 15) is 9.59 Å². The molecule has 1 aromatic rings. The molecular weight excluding hydrogens is 286 g/mol. The van der Waals surface area contributed by atoms with E-state index in [-0.39, 0.29) is 24.0 Å². The smallest absolute Gasteiger partial charge is 0.317 e. The van der Waals surface area contributed by atoms with Crippen LogP contribution < -0.4 is 10.6 Å². The summed E-state index contributed by atoms with van der Waals surface area (Å²) in [7, 11) is 0. The number of nitrogens with one attached hydrogen (secondary N) is 2. The highest BCUT2D eigenvalue weighted by Gasteiger charge is 2.24. The predicted molar refractivity (Wildman–Crippen MR) is 84.4 cm³/mol. The minimum Gasteiger partial charge on any atom is -0.353 e. The van der Waals surface area contributed by atoms with Crippen molar-refractivity contribution in [1.29, 1.82) is 0 Å². The number of amides is 3. The highest BCUT2D eigenvalue weighted by atomic mass is 32.1. The first-order valence-electron chi connectivity index (χ1n) is 7.42. The van der Waals surface area contributed by atoms with Crippen LogP contribution in [-0.2, 0) is 11.2 Å². The molecule has 0 spiro atoms. The third kappa shape index (κ3) is 5.04. The Morgan fingerprint density at radius 2 is 2.10 bits per heavy atom. The maximum atomic E-state index is 11.9. The van der Waals surface area contributed by atoms with Crippen LogP contribution in [0.3, 0.4) is 0 Å². The van der Waals surface area contributed by atoms with Crippen LogP contribution in [0, 0.1) is 0 Å². The monoisotopic (exact) mass is 309 g/mol. The fourth-order valence-corrected chi connectivity index (χ4v) is 3.12. The third-order valence-corrected chi connectivity index (χ3v) is 4.35. The normalized spacial score (nSPS) is 16.0. The molecule has 0 bridgehead atoms. The number of thiophene rings is 1. The summed E-state index contributed by atoms with van der Waals surface area (Å²) in [5, 5.41) is 7.95. The Morgan fingerprint density at radius 3 is 2.67 bits per heavy atom. The first kappa shape index (κ1) is 15.8. The first-order chi connectivity index (χ1) is 10.0. The van der Waals surface area contributed by atoms with E-state index in [0.717, 1.165) is 17.7 Å². The van der Waals surface area contributed by atoms with Gasteiger partial charge in [0.2, 0.25) is 5.91 Å². The summed E-state index contributed by atoms with van der Waals surface area (Å²) in [4.78, 5) is 26.7. The lowest BCUT2D eigenvalue weighted by atomic mass is 10.1. The maximum Gasteiger partial charge on any atom is 0.317 e. The molecule has 5 nitrogen and oxygen atoms in total. The Bertz CT molecular complexity index is 465. The van der Waals surface area contributed by atoms with Crippen LogP contribution in [-0.4, -0.2) is 42.0 Å². The molecule has 1 saturated heterocycles. The van der Waals surface area contributed by atoms with E-state index in [0.29, 0.717) is 19.5 Å². The molecule has 21 heavy (non-hydrogen) atoms. The van der Waals surface area contributed by atoms with E-state index in [2.05, 4.69) is 10.6 Å².